The lowest BCUT2D eigenvalue weighted by Gasteiger charge is -2.27. The Morgan fingerprint density at radius 1 is 1.06 bits per heavy atom. The first-order valence-electron chi connectivity index (χ1n) is 10.4. The Morgan fingerprint density at radius 3 is 2.59 bits per heavy atom. The van der Waals surface area contributed by atoms with Gasteiger partial charge in [0.2, 0.25) is 22.7 Å². The second-order valence-electron chi connectivity index (χ2n) is 8.14. The van der Waals surface area contributed by atoms with Crippen LogP contribution in [0.2, 0.25) is 0 Å². The number of hydrogen-bond acceptors (Lipinski definition) is 7. The normalized spacial score (nSPS) is 16.7. The molecule has 4 rings (SSSR count). The lowest BCUT2D eigenvalue weighted by atomic mass is 9.94. The number of ether oxygens (including phenoxy) is 3. The van der Waals surface area contributed by atoms with Crippen LogP contribution in [-0.2, 0) is 25.1 Å². The third-order valence-electron chi connectivity index (χ3n) is 5.51. The van der Waals surface area contributed by atoms with Crippen molar-refractivity contribution < 1.29 is 27.4 Å². The van der Waals surface area contributed by atoms with E-state index < -0.39 is 15.6 Å². The van der Waals surface area contributed by atoms with Crippen LogP contribution >= 0.6 is 0 Å². The van der Waals surface area contributed by atoms with Crippen LogP contribution in [0.1, 0.15) is 19.4 Å². The van der Waals surface area contributed by atoms with Gasteiger partial charge in [0.15, 0.2) is 11.5 Å². The highest BCUT2D eigenvalue weighted by atomic mass is 32.2. The number of rotatable bonds is 7. The van der Waals surface area contributed by atoms with E-state index >= 15 is 0 Å². The Labute approximate surface area is 187 Å². The lowest BCUT2D eigenvalue weighted by molar-refractivity contribution is -0.115. The predicted molar refractivity (Wildman–Crippen MR) is 118 cm³/mol. The highest BCUT2D eigenvalue weighted by Crippen LogP contribution is 2.35. The Kier molecular flexibility index (Phi) is 6.38. The molecule has 0 saturated carbocycles. The van der Waals surface area contributed by atoms with E-state index in [-0.39, 0.29) is 24.1 Å². The molecule has 0 atom stereocenters. The average Bonchev–Trinajstić information content (AvgIpc) is 3.27. The van der Waals surface area contributed by atoms with Gasteiger partial charge in [-0.1, -0.05) is 12.1 Å². The first-order valence-corrected chi connectivity index (χ1v) is 11.8. The molecule has 0 radical (unpaired) electrons. The molecule has 0 spiro atoms. The molecule has 172 valence electrons. The molecule has 2 heterocycles. The van der Waals surface area contributed by atoms with E-state index in [0.717, 1.165) is 5.56 Å². The van der Waals surface area contributed by atoms with Crippen LogP contribution in [0.25, 0.3) is 0 Å². The van der Waals surface area contributed by atoms with Gasteiger partial charge in [0.1, 0.15) is 0 Å². The van der Waals surface area contributed by atoms with Crippen LogP contribution in [0.3, 0.4) is 0 Å². The Balaban J connectivity index is 1.38. The fraction of sp³-hybridized carbons (Fsp3) is 0.409. The molecule has 1 amide bonds. The SMILES string of the molecule is CC(C)(NCC(=O)Nc1cccc(S(=O)(=O)N2CCOCC2)c1)c1ccc2c(c1)OCO2. The van der Waals surface area contributed by atoms with Gasteiger partial charge >= 0.3 is 0 Å². The summed E-state index contributed by atoms with van der Waals surface area (Å²) in [5.41, 5.74) is 0.875. The minimum absolute atomic E-state index is 0.0435. The molecule has 0 unspecified atom stereocenters. The highest BCUT2D eigenvalue weighted by Gasteiger charge is 2.27. The van der Waals surface area contributed by atoms with Crippen molar-refractivity contribution in [2.24, 2.45) is 0 Å². The molecule has 2 aliphatic heterocycles. The van der Waals surface area contributed by atoms with E-state index in [4.69, 9.17) is 14.2 Å². The summed E-state index contributed by atoms with van der Waals surface area (Å²) >= 11 is 0. The second kappa shape index (κ2) is 9.07. The molecule has 1 fully saturated rings. The van der Waals surface area contributed by atoms with E-state index in [1.165, 1.54) is 16.4 Å². The van der Waals surface area contributed by atoms with Crippen molar-refractivity contribution in [3.05, 3.63) is 48.0 Å². The molecule has 2 N–H and O–H groups in total. The lowest BCUT2D eigenvalue weighted by Crippen LogP contribution is -2.41. The van der Waals surface area contributed by atoms with Crippen molar-refractivity contribution >= 4 is 21.6 Å². The quantitative estimate of drug-likeness (QED) is 0.649. The van der Waals surface area contributed by atoms with Gasteiger partial charge in [-0.2, -0.15) is 4.31 Å². The number of carbonyl (C=O) groups excluding carboxylic acids is 1. The number of benzene rings is 2. The number of nitrogens with one attached hydrogen (secondary N) is 2. The Bertz CT molecular complexity index is 1100. The number of sulfonamides is 1. The zero-order valence-electron chi connectivity index (χ0n) is 18.1. The number of carbonyl (C=O) groups is 1. The molecular formula is C22H27N3O6S. The van der Waals surface area contributed by atoms with Crippen LogP contribution in [0.5, 0.6) is 11.5 Å². The number of morpholine rings is 1. The van der Waals surface area contributed by atoms with Gasteiger partial charge < -0.3 is 19.5 Å². The minimum Gasteiger partial charge on any atom is -0.454 e. The van der Waals surface area contributed by atoms with Crippen LogP contribution in [0, 0.1) is 0 Å². The summed E-state index contributed by atoms with van der Waals surface area (Å²) < 4.78 is 43.1. The van der Waals surface area contributed by atoms with Crippen LogP contribution in [0.15, 0.2) is 47.4 Å². The van der Waals surface area contributed by atoms with E-state index in [2.05, 4.69) is 10.6 Å². The van der Waals surface area contributed by atoms with Crippen LogP contribution in [0.4, 0.5) is 5.69 Å². The molecule has 2 aromatic rings. The van der Waals surface area contributed by atoms with Gasteiger partial charge in [0.05, 0.1) is 24.7 Å². The maximum absolute atomic E-state index is 12.8. The third-order valence-corrected chi connectivity index (χ3v) is 7.41. The number of amides is 1. The molecule has 9 nitrogen and oxygen atoms in total. The fourth-order valence-electron chi connectivity index (χ4n) is 3.56. The summed E-state index contributed by atoms with van der Waals surface area (Å²) in [4.78, 5) is 12.7. The van der Waals surface area contributed by atoms with Crippen molar-refractivity contribution in [3.8, 4) is 11.5 Å². The summed E-state index contributed by atoms with van der Waals surface area (Å²) in [6, 6.07) is 12.0. The molecule has 0 aromatic heterocycles. The van der Waals surface area contributed by atoms with Crippen molar-refractivity contribution in [2.75, 3.05) is 45.0 Å². The van der Waals surface area contributed by atoms with Crippen molar-refractivity contribution in [2.45, 2.75) is 24.3 Å². The standard InChI is InChI=1S/C22H27N3O6S/c1-22(2,16-6-7-19-20(12-16)31-15-30-19)23-14-21(26)24-17-4-3-5-18(13-17)32(27,28)25-8-10-29-11-9-25/h3-7,12-13,23H,8-11,14-15H2,1-2H3,(H,24,26). The van der Waals surface area contributed by atoms with Crippen molar-refractivity contribution in [1.82, 2.24) is 9.62 Å². The zero-order chi connectivity index (χ0) is 22.8. The third kappa shape index (κ3) is 4.88. The zero-order valence-corrected chi connectivity index (χ0v) is 18.9. The van der Waals surface area contributed by atoms with E-state index in [0.29, 0.717) is 43.5 Å². The van der Waals surface area contributed by atoms with Crippen molar-refractivity contribution in [1.29, 1.82) is 0 Å². The number of anilines is 1. The number of fused-ring (bicyclic) bond motifs is 1. The monoisotopic (exact) mass is 461 g/mol. The van der Waals surface area contributed by atoms with Gasteiger partial charge in [-0.3, -0.25) is 10.1 Å². The molecular weight excluding hydrogens is 434 g/mol. The largest absolute Gasteiger partial charge is 0.454 e. The van der Waals surface area contributed by atoms with Gasteiger partial charge in [-0.25, -0.2) is 8.42 Å². The summed E-state index contributed by atoms with van der Waals surface area (Å²) in [6.45, 7) is 5.56. The first kappa shape index (κ1) is 22.5. The topological polar surface area (TPSA) is 106 Å². The summed E-state index contributed by atoms with van der Waals surface area (Å²) in [6.07, 6.45) is 0. The predicted octanol–water partition coefficient (Wildman–Crippen LogP) is 1.90. The van der Waals surface area contributed by atoms with Gasteiger partial charge in [-0.15, -0.1) is 0 Å². The van der Waals surface area contributed by atoms with Crippen molar-refractivity contribution in [3.63, 3.8) is 0 Å². The molecule has 10 heteroatoms. The molecule has 2 aromatic carbocycles. The average molecular weight is 462 g/mol. The first-order chi connectivity index (χ1) is 15.3. The molecule has 2 aliphatic rings. The molecule has 0 aliphatic carbocycles. The summed E-state index contributed by atoms with van der Waals surface area (Å²) in [5, 5.41) is 6.00. The Hall–Kier alpha value is -2.66. The van der Waals surface area contributed by atoms with E-state index in [9.17, 15) is 13.2 Å². The van der Waals surface area contributed by atoms with E-state index in [1.807, 2.05) is 32.0 Å². The molecule has 0 bridgehead atoms. The second-order valence-corrected chi connectivity index (χ2v) is 10.1. The van der Waals surface area contributed by atoms with Crippen LogP contribution < -0.4 is 20.1 Å². The maximum Gasteiger partial charge on any atom is 0.243 e. The Morgan fingerprint density at radius 2 is 1.81 bits per heavy atom. The van der Waals surface area contributed by atoms with Gasteiger partial charge in [0.25, 0.3) is 0 Å². The summed E-state index contributed by atoms with van der Waals surface area (Å²) in [5.74, 6) is 1.11. The minimum atomic E-state index is -3.63. The number of nitrogens with zero attached hydrogens (tertiary/aromatic N) is 1. The molecule has 1 saturated heterocycles. The summed E-state index contributed by atoms with van der Waals surface area (Å²) in [7, 11) is -3.63. The fourth-order valence-corrected chi connectivity index (χ4v) is 5.02. The highest BCUT2D eigenvalue weighted by molar-refractivity contribution is 7.89. The molecule has 32 heavy (non-hydrogen) atoms. The van der Waals surface area contributed by atoms with Crippen LogP contribution in [-0.4, -0.2) is 58.3 Å². The van der Waals surface area contributed by atoms with Gasteiger partial charge in [0, 0.05) is 24.3 Å². The van der Waals surface area contributed by atoms with E-state index in [1.54, 1.807) is 12.1 Å². The maximum atomic E-state index is 12.8. The van der Waals surface area contributed by atoms with Gasteiger partial charge in [-0.05, 0) is 49.7 Å². The smallest absolute Gasteiger partial charge is 0.243 e. The number of hydrogen-bond donors (Lipinski definition) is 2.